The monoisotopic (exact) mass is 224 g/mol. The Morgan fingerprint density at radius 2 is 2.00 bits per heavy atom. The highest BCUT2D eigenvalue weighted by atomic mass is 32.2. The van der Waals surface area contributed by atoms with Crippen LogP contribution in [0.5, 0.6) is 0 Å². The molecule has 1 heteroatoms. The molecule has 0 radical (unpaired) electrons. The smallest absolute Gasteiger partial charge is 0.00526 e. The minimum absolute atomic E-state index is 1.05. The summed E-state index contributed by atoms with van der Waals surface area (Å²) in [6, 6.07) is 0. The second-order valence-corrected chi connectivity index (χ2v) is 7.43. The third kappa shape index (κ3) is 2.23. The first-order valence-electron chi connectivity index (χ1n) is 6.98. The van der Waals surface area contributed by atoms with E-state index in [1.54, 1.807) is 19.3 Å². The largest absolute Gasteiger partial charge is 0.159 e. The van der Waals surface area contributed by atoms with E-state index in [9.17, 15) is 0 Å². The fourth-order valence-electron chi connectivity index (χ4n) is 3.73. The summed E-state index contributed by atoms with van der Waals surface area (Å²) in [5, 5.41) is 1.05. The molecule has 0 N–H and O–H groups in total. The number of fused-ring (bicyclic) bond motifs is 1. The van der Waals surface area contributed by atoms with Gasteiger partial charge in [-0.1, -0.05) is 26.2 Å². The molecule has 3 fully saturated rings. The fraction of sp³-hybridized carbons (Fsp3) is 1.00. The summed E-state index contributed by atoms with van der Waals surface area (Å²) in [5.41, 5.74) is 0. The normalized spacial score (nSPS) is 43.8. The Labute approximate surface area is 98.6 Å². The van der Waals surface area contributed by atoms with E-state index in [1.807, 2.05) is 0 Å². The molecule has 86 valence electrons. The van der Waals surface area contributed by atoms with Crippen molar-refractivity contribution in [2.24, 2.45) is 23.7 Å². The molecule has 4 atom stereocenters. The molecular formula is C14H24S. The Morgan fingerprint density at radius 3 is 2.73 bits per heavy atom. The summed E-state index contributed by atoms with van der Waals surface area (Å²) in [7, 11) is 0. The Morgan fingerprint density at radius 1 is 1.13 bits per heavy atom. The molecule has 0 aromatic heterocycles. The van der Waals surface area contributed by atoms with Gasteiger partial charge in [-0.05, 0) is 55.1 Å². The SMILES string of the molecule is CCC1CC2C[C@H](SCCC3CC3)C[C@H]12. The van der Waals surface area contributed by atoms with Crippen LogP contribution in [0, 0.1) is 23.7 Å². The number of hydrogen-bond donors (Lipinski definition) is 0. The van der Waals surface area contributed by atoms with Gasteiger partial charge in [0.2, 0.25) is 0 Å². The van der Waals surface area contributed by atoms with Gasteiger partial charge in [0.15, 0.2) is 0 Å². The van der Waals surface area contributed by atoms with Crippen molar-refractivity contribution < 1.29 is 0 Å². The first-order chi connectivity index (χ1) is 7.36. The minimum atomic E-state index is 1.05. The highest BCUT2D eigenvalue weighted by Gasteiger charge is 2.46. The van der Waals surface area contributed by atoms with E-state index in [0.717, 1.165) is 28.9 Å². The highest BCUT2D eigenvalue weighted by molar-refractivity contribution is 7.99. The van der Waals surface area contributed by atoms with Gasteiger partial charge in [0.25, 0.3) is 0 Å². The van der Waals surface area contributed by atoms with E-state index in [0.29, 0.717) is 0 Å². The maximum absolute atomic E-state index is 2.38. The van der Waals surface area contributed by atoms with Crippen LogP contribution in [0.1, 0.15) is 51.9 Å². The Bertz CT molecular complexity index is 221. The third-order valence-corrected chi connectivity index (χ3v) is 6.35. The summed E-state index contributed by atoms with van der Waals surface area (Å²) >= 11 is 2.31. The van der Waals surface area contributed by atoms with Gasteiger partial charge in [0, 0.05) is 5.25 Å². The van der Waals surface area contributed by atoms with Crippen LogP contribution in [0.25, 0.3) is 0 Å². The van der Waals surface area contributed by atoms with Crippen molar-refractivity contribution in [1.29, 1.82) is 0 Å². The molecule has 0 spiro atoms. The van der Waals surface area contributed by atoms with Crippen molar-refractivity contribution >= 4 is 11.8 Å². The van der Waals surface area contributed by atoms with Gasteiger partial charge in [0.1, 0.15) is 0 Å². The van der Waals surface area contributed by atoms with Gasteiger partial charge in [-0.2, -0.15) is 11.8 Å². The average Bonchev–Trinajstić information content (AvgIpc) is 2.97. The molecule has 2 unspecified atom stereocenters. The standard InChI is InChI=1S/C14H24S/c1-2-11-7-12-8-13(9-14(11)12)15-6-5-10-3-4-10/h10-14H,2-9H2,1H3/t11?,12?,13-,14+/m0/s1. The van der Waals surface area contributed by atoms with Crippen LogP contribution in [0.3, 0.4) is 0 Å². The first kappa shape index (κ1) is 10.5. The van der Waals surface area contributed by atoms with Crippen molar-refractivity contribution in [3.05, 3.63) is 0 Å². The number of thioether (sulfide) groups is 1. The van der Waals surface area contributed by atoms with E-state index in [4.69, 9.17) is 0 Å². The molecule has 0 bridgehead atoms. The van der Waals surface area contributed by atoms with Crippen molar-refractivity contribution in [3.63, 3.8) is 0 Å². The highest BCUT2D eigenvalue weighted by Crippen LogP contribution is 2.55. The predicted octanol–water partition coefficient (Wildman–Crippen LogP) is 4.34. The van der Waals surface area contributed by atoms with Gasteiger partial charge < -0.3 is 0 Å². The average molecular weight is 224 g/mol. The maximum atomic E-state index is 2.38. The maximum Gasteiger partial charge on any atom is 0.00526 e. The molecule has 0 amide bonds. The molecule has 3 aliphatic rings. The first-order valence-corrected chi connectivity index (χ1v) is 8.03. The van der Waals surface area contributed by atoms with E-state index >= 15 is 0 Å². The predicted molar refractivity (Wildman–Crippen MR) is 68.2 cm³/mol. The molecule has 3 aliphatic carbocycles. The van der Waals surface area contributed by atoms with Crippen molar-refractivity contribution in [2.75, 3.05) is 5.75 Å². The Hall–Kier alpha value is 0.350. The molecule has 0 heterocycles. The molecule has 0 nitrogen and oxygen atoms in total. The topological polar surface area (TPSA) is 0 Å². The summed E-state index contributed by atoms with van der Waals surface area (Å²) in [6.45, 7) is 2.38. The Balaban J connectivity index is 1.37. The van der Waals surface area contributed by atoms with Crippen LogP contribution in [0.2, 0.25) is 0 Å². The molecule has 0 aliphatic heterocycles. The summed E-state index contributed by atoms with van der Waals surface area (Å²) < 4.78 is 0. The zero-order chi connectivity index (χ0) is 10.3. The third-order valence-electron chi connectivity index (χ3n) is 5.02. The lowest BCUT2D eigenvalue weighted by atomic mass is 9.66. The van der Waals surface area contributed by atoms with Crippen molar-refractivity contribution in [1.82, 2.24) is 0 Å². The zero-order valence-corrected chi connectivity index (χ0v) is 10.8. The lowest BCUT2D eigenvalue weighted by molar-refractivity contribution is 0.0997. The van der Waals surface area contributed by atoms with Crippen LogP contribution in [-0.2, 0) is 0 Å². The van der Waals surface area contributed by atoms with Gasteiger partial charge in [-0.3, -0.25) is 0 Å². The molecule has 3 saturated carbocycles. The molecule has 0 aromatic carbocycles. The quantitative estimate of drug-likeness (QED) is 0.669. The van der Waals surface area contributed by atoms with Gasteiger partial charge in [-0.25, -0.2) is 0 Å². The molecule has 0 saturated heterocycles. The molecule has 0 aromatic rings. The second kappa shape index (κ2) is 4.31. The second-order valence-electron chi connectivity index (χ2n) is 6.02. The van der Waals surface area contributed by atoms with Gasteiger partial charge in [0.05, 0.1) is 0 Å². The number of rotatable bonds is 5. The molecule has 3 rings (SSSR count). The van der Waals surface area contributed by atoms with Crippen LogP contribution >= 0.6 is 11.8 Å². The van der Waals surface area contributed by atoms with E-state index in [1.165, 1.54) is 31.4 Å². The molecule has 15 heavy (non-hydrogen) atoms. The van der Waals surface area contributed by atoms with Crippen LogP contribution in [0.4, 0.5) is 0 Å². The van der Waals surface area contributed by atoms with E-state index in [-0.39, 0.29) is 0 Å². The minimum Gasteiger partial charge on any atom is -0.159 e. The number of hydrogen-bond acceptors (Lipinski definition) is 1. The molecular weight excluding hydrogens is 200 g/mol. The summed E-state index contributed by atoms with van der Waals surface area (Å²) in [5.74, 6) is 6.01. The zero-order valence-electron chi connectivity index (χ0n) is 9.95. The van der Waals surface area contributed by atoms with Gasteiger partial charge >= 0.3 is 0 Å². The van der Waals surface area contributed by atoms with E-state index < -0.39 is 0 Å². The fourth-order valence-corrected chi connectivity index (χ4v) is 5.28. The van der Waals surface area contributed by atoms with E-state index in [2.05, 4.69) is 18.7 Å². The lowest BCUT2D eigenvalue weighted by Crippen LogP contribution is -2.31. The Kier molecular flexibility index (Phi) is 3.02. The van der Waals surface area contributed by atoms with Crippen molar-refractivity contribution in [2.45, 2.75) is 57.1 Å². The van der Waals surface area contributed by atoms with Crippen LogP contribution < -0.4 is 0 Å². The lowest BCUT2D eigenvalue weighted by Gasteiger charge is -2.39. The van der Waals surface area contributed by atoms with Crippen LogP contribution in [-0.4, -0.2) is 11.0 Å². The summed E-state index contributed by atoms with van der Waals surface area (Å²) in [4.78, 5) is 0. The van der Waals surface area contributed by atoms with Crippen LogP contribution in [0.15, 0.2) is 0 Å². The van der Waals surface area contributed by atoms with Gasteiger partial charge in [-0.15, -0.1) is 0 Å². The van der Waals surface area contributed by atoms with Crippen molar-refractivity contribution in [3.8, 4) is 0 Å². The summed E-state index contributed by atoms with van der Waals surface area (Å²) in [6.07, 6.45) is 10.7.